The molecule has 0 aliphatic heterocycles. The number of alkyl carbamates (subject to hydrolysis) is 1. The number of nitrogens with zero attached hydrogens (tertiary/aromatic N) is 2. The van der Waals surface area contributed by atoms with Gasteiger partial charge in [-0.25, -0.2) is 9.31 Å². The SMILES string of the molecule is CCC(CNC(=O)OC(C)(C)C)NCc1cnn2ccccc12. The van der Waals surface area contributed by atoms with Gasteiger partial charge in [-0.15, -0.1) is 0 Å². The first-order valence-corrected chi connectivity index (χ1v) is 8.00. The quantitative estimate of drug-likeness (QED) is 0.859. The van der Waals surface area contributed by atoms with Crippen LogP contribution >= 0.6 is 0 Å². The zero-order chi connectivity index (χ0) is 16.9. The number of nitrogens with one attached hydrogen (secondary N) is 2. The lowest BCUT2D eigenvalue weighted by Crippen LogP contribution is -2.42. The number of ether oxygens (including phenoxy) is 1. The van der Waals surface area contributed by atoms with Crippen LogP contribution in [0.3, 0.4) is 0 Å². The second-order valence-electron chi connectivity index (χ2n) is 6.57. The van der Waals surface area contributed by atoms with Gasteiger partial charge in [-0.05, 0) is 39.3 Å². The van der Waals surface area contributed by atoms with E-state index in [1.165, 1.54) is 0 Å². The number of hydrogen-bond donors (Lipinski definition) is 2. The van der Waals surface area contributed by atoms with Crippen LogP contribution in [-0.2, 0) is 11.3 Å². The third-order valence-corrected chi connectivity index (χ3v) is 3.47. The Kier molecular flexibility index (Phi) is 5.60. The molecule has 0 aliphatic carbocycles. The Bertz CT molecular complexity index is 645. The molecule has 0 saturated carbocycles. The lowest BCUT2D eigenvalue weighted by atomic mass is 10.2. The summed E-state index contributed by atoms with van der Waals surface area (Å²) >= 11 is 0. The summed E-state index contributed by atoms with van der Waals surface area (Å²) in [4.78, 5) is 11.7. The van der Waals surface area contributed by atoms with Crippen molar-refractivity contribution in [2.45, 2.75) is 52.3 Å². The van der Waals surface area contributed by atoms with E-state index in [1.54, 1.807) is 0 Å². The van der Waals surface area contributed by atoms with Crippen LogP contribution in [0.4, 0.5) is 4.79 Å². The third-order valence-electron chi connectivity index (χ3n) is 3.47. The molecule has 6 heteroatoms. The predicted octanol–water partition coefficient (Wildman–Crippen LogP) is 2.73. The molecule has 0 aliphatic rings. The molecular formula is C17H26N4O2. The minimum atomic E-state index is -0.476. The maximum absolute atomic E-state index is 11.7. The van der Waals surface area contributed by atoms with Gasteiger partial charge in [0.05, 0.1) is 11.7 Å². The van der Waals surface area contributed by atoms with Crippen LogP contribution in [0.2, 0.25) is 0 Å². The highest BCUT2D eigenvalue weighted by molar-refractivity contribution is 5.67. The second-order valence-corrected chi connectivity index (χ2v) is 6.57. The number of hydrogen-bond acceptors (Lipinski definition) is 4. The zero-order valence-corrected chi connectivity index (χ0v) is 14.3. The summed E-state index contributed by atoms with van der Waals surface area (Å²) in [5.74, 6) is 0. The molecule has 0 bridgehead atoms. The number of pyridine rings is 1. The number of aromatic nitrogens is 2. The van der Waals surface area contributed by atoms with E-state index in [0.29, 0.717) is 13.1 Å². The van der Waals surface area contributed by atoms with Crippen molar-refractivity contribution in [1.82, 2.24) is 20.2 Å². The summed E-state index contributed by atoms with van der Waals surface area (Å²) in [5, 5.41) is 10.6. The Morgan fingerprint density at radius 3 is 2.87 bits per heavy atom. The summed E-state index contributed by atoms with van der Waals surface area (Å²) in [6.45, 7) is 8.89. The van der Waals surface area contributed by atoms with Crippen molar-refractivity contribution in [3.63, 3.8) is 0 Å². The monoisotopic (exact) mass is 318 g/mol. The molecule has 0 spiro atoms. The van der Waals surface area contributed by atoms with E-state index in [-0.39, 0.29) is 12.1 Å². The van der Waals surface area contributed by atoms with Crippen molar-refractivity contribution >= 4 is 11.6 Å². The smallest absolute Gasteiger partial charge is 0.407 e. The van der Waals surface area contributed by atoms with Gasteiger partial charge in [-0.1, -0.05) is 13.0 Å². The molecule has 0 fully saturated rings. The first kappa shape index (κ1) is 17.3. The third kappa shape index (κ3) is 5.25. The van der Waals surface area contributed by atoms with E-state index in [2.05, 4.69) is 22.7 Å². The first-order chi connectivity index (χ1) is 10.9. The van der Waals surface area contributed by atoms with Gasteiger partial charge in [0.2, 0.25) is 0 Å². The van der Waals surface area contributed by atoms with Gasteiger partial charge in [0.25, 0.3) is 0 Å². The molecule has 1 atom stereocenters. The summed E-state index contributed by atoms with van der Waals surface area (Å²) in [6, 6.07) is 6.18. The Balaban J connectivity index is 1.84. The van der Waals surface area contributed by atoms with Crippen LogP contribution in [-0.4, -0.2) is 33.9 Å². The van der Waals surface area contributed by atoms with Gasteiger partial charge >= 0.3 is 6.09 Å². The number of rotatable bonds is 6. The molecule has 6 nitrogen and oxygen atoms in total. The Morgan fingerprint density at radius 2 is 2.17 bits per heavy atom. The lowest BCUT2D eigenvalue weighted by Gasteiger charge is -2.22. The predicted molar refractivity (Wildman–Crippen MR) is 90.3 cm³/mol. The number of fused-ring (bicyclic) bond motifs is 1. The molecule has 1 amide bonds. The standard InChI is InChI=1S/C17H26N4O2/c1-5-14(12-19-16(22)23-17(2,3)4)18-10-13-11-20-21-9-7-6-8-15(13)21/h6-9,11,14,18H,5,10,12H2,1-4H3,(H,19,22). The molecule has 2 heterocycles. The molecule has 2 aromatic heterocycles. The minimum Gasteiger partial charge on any atom is -0.444 e. The number of amides is 1. The van der Waals surface area contributed by atoms with Crippen LogP contribution in [0.1, 0.15) is 39.7 Å². The van der Waals surface area contributed by atoms with Gasteiger partial charge in [-0.2, -0.15) is 5.10 Å². The summed E-state index contributed by atoms with van der Waals surface area (Å²) in [7, 11) is 0. The highest BCUT2D eigenvalue weighted by atomic mass is 16.6. The fraction of sp³-hybridized carbons (Fsp3) is 0.529. The molecule has 2 N–H and O–H groups in total. The zero-order valence-electron chi connectivity index (χ0n) is 14.3. The van der Waals surface area contributed by atoms with Crippen molar-refractivity contribution in [1.29, 1.82) is 0 Å². The van der Waals surface area contributed by atoms with E-state index >= 15 is 0 Å². The van der Waals surface area contributed by atoms with Gasteiger partial charge < -0.3 is 15.4 Å². The molecule has 0 aromatic carbocycles. The van der Waals surface area contributed by atoms with Crippen LogP contribution in [0.15, 0.2) is 30.6 Å². The highest BCUT2D eigenvalue weighted by Crippen LogP contribution is 2.10. The van der Waals surface area contributed by atoms with E-state index in [4.69, 9.17) is 4.74 Å². The summed E-state index contributed by atoms with van der Waals surface area (Å²) in [5.41, 5.74) is 1.76. The van der Waals surface area contributed by atoms with Crippen LogP contribution in [0.5, 0.6) is 0 Å². The maximum atomic E-state index is 11.7. The lowest BCUT2D eigenvalue weighted by molar-refractivity contribution is 0.0522. The molecule has 0 radical (unpaired) electrons. The van der Waals surface area contributed by atoms with E-state index in [9.17, 15) is 4.79 Å². The van der Waals surface area contributed by atoms with Gasteiger partial charge in [-0.3, -0.25) is 0 Å². The van der Waals surface area contributed by atoms with Crippen LogP contribution in [0.25, 0.3) is 5.52 Å². The molecule has 126 valence electrons. The van der Waals surface area contributed by atoms with E-state index in [1.807, 2.05) is 55.9 Å². The molecule has 0 saturated heterocycles. The van der Waals surface area contributed by atoms with Gasteiger partial charge in [0.15, 0.2) is 0 Å². The Hall–Kier alpha value is -2.08. The Labute approximate surface area is 137 Å². The van der Waals surface area contributed by atoms with Crippen molar-refractivity contribution in [3.05, 3.63) is 36.2 Å². The molecule has 2 aromatic rings. The Morgan fingerprint density at radius 1 is 1.39 bits per heavy atom. The minimum absolute atomic E-state index is 0.182. The van der Waals surface area contributed by atoms with Crippen molar-refractivity contribution in [2.75, 3.05) is 6.54 Å². The molecule has 1 unspecified atom stereocenters. The summed E-state index contributed by atoms with van der Waals surface area (Å²) in [6.07, 6.45) is 4.33. The second kappa shape index (κ2) is 7.46. The van der Waals surface area contributed by atoms with E-state index in [0.717, 1.165) is 17.5 Å². The van der Waals surface area contributed by atoms with E-state index < -0.39 is 5.60 Å². The average molecular weight is 318 g/mol. The highest BCUT2D eigenvalue weighted by Gasteiger charge is 2.17. The average Bonchev–Trinajstić information content (AvgIpc) is 2.89. The molecule has 2 rings (SSSR count). The number of carbonyl (C=O) groups excluding carboxylic acids is 1. The largest absolute Gasteiger partial charge is 0.444 e. The van der Waals surface area contributed by atoms with Crippen LogP contribution in [0, 0.1) is 0 Å². The van der Waals surface area contributed by atoms with Crippen molar-refractivity contribution in [2.24, 2.45) is 0 Å². The number of carbonyl (C=O) groups is 1. The first-order valence-electron chi connectivity index (χ1n) is 8.00. The fourth-order valence-electron chi connectivity index (χ4n) is 2.26. The molecular weight excluding hydrogens is 292 g/mol. The fourth-order valence-corrected chi connectivity index (χ4v) is 2.26. The van der Waals surface area contributed by atoms with Gasteiger partial charge in [0, 0.05) is 30.9 Å². The molecule has 23 heavy (non-hydrogen) atoms. The van der Waals surface area contributed by atoms with Gasteiger partial charge in [0.1, 0.15) is 5.60 Å². The normalized spacial score (nSPS) is 13.0. The summed E-state index contributed by atoms with van der Waals surface area (Å²) < 4.78 is 7.11. The topological polar surface area (TPSA) is 67.7 Å². The van der Waals surface area contributed by atoms with Crippen molar-refractivity contribution in [3.8, 4) is 0 Å². The maximum Gasteiger partial charge on any atom is 0.407 e. The van der Waals surface area contributed by atoms with Crippen LogP contribution < -0.4 is 10.6 Å². The van der Waals surface area contributed by atoms with Crippen molar-refractivity contribution < 1.29 is 9.53 Å².